The number of fused-ring (bicyclic) bond motifs is 1. The average Bonchev–Trinajstić information content (AvgIpc) is 2.49. The van der Waals surface area contributed by atoms with Gasteiger partial charge in [0.15, 0.2) is 0 Å². The molecule has 1 amide bonds. The van der Waals surface area contributed by atoms with Gasteiger partial charge < -0.3 is 9.80 Å². The van der Waals surface area contributed by atoms with Gasteiger partial charge in [0.25, 0.3) is 5.91 Å². The zero-order valence-corrected chi connectivity index (χ0v) is 13.9. The second kappa shape index (κ2) is 5.78. The second-order valence-corrected chi connectivity index (χ2v) is 6.70. The van der Waals surface area contributed by atoms with Crippen molar-refractivity contribution in [2.24, 2.45) is 0 Å². The fourth-order valence-corrected chi connectivity index (χ4v) is 3.14. The monoisotopic (exact) mass is 346 g/mol. The van der Waals surface area contributed by atoms with Gasteiger partial charge in [-0.25, -0.2) is 0 Å². The number of halogens is 1. The standard InChI is InChI=1S/C17H19BrN2O/c1-12-11-20(8-7-19(12)2)17(21)15-4-3-14-10-16(18)6-5-13(14)9-15/h3-6,9-10,12H,7-8,11H2,1-2H3. The molecule has 1 unspecified atom stereocenters. The Balaban J connectivity index is 1.86. The topological polar surface area (TPSA) is 23.6 Å². The van der Waals surface area contributed by atoms with E-state index in [0.717, 1.165) is 40.4 Å². The number of nitrogens with zero attached hydrogens (tertiary/aromatic N) is 2. The molecule has 0 radical (unpaired) electrons. The van der Waals surface area contributed by atoms with Gasteiger partial charge in [-0.3, -0.25) is 4.79 Å². The van der Waals surface area contributed by atoms with Crippen molar-refractivity contribution in [1.29, 1.82) is 0 Å². The third kappa shape index (κ3) is 2.97. The number of piperazine rings is 1. The smallest absolute Gasteiger partial charge is 0.253 e. The van der Waals surface area contributed by atoms with Crippen molar-refractivity contribution in [3.8, 4) is 0 Å². The molecule has 3 nitrogen and oxygen atoms in total. The quantitative estimate of drug-likeness (QED) is 0.790. The minimum absolute atomic E-state index is 0.139. The second-order valence-electron chi connectivity index (χ2n) is 5.79. The van der Waals surface area contributed by atoms with Crippen LogP contribution >= 0.6 is 15.9 Å². The summed E-state index contributed by atoms with van der Waals surface area (Å²) >= 11 is 3.47. The van der Waals surface area contributed by atoms with Gasteiger partial charge in [0.05, 0.1) is 0 Å². The van der Waals surface area contributed by atoms with E-state index in [9.17, 15) is 4.79 Å². The molecule has 21 heavy (non-hydrogen) atoms. The number of carbonyl (C=O) groups excluding carboxylic acids is 1. The van der Waals surface area contributed by atoms with E-state index in [2.05, 4.69) is 40.9 Å². The van der Waals surface area contributed by atoms with Gasteiger partial charge in [0.2, 0.25) is 0 Å². The van der Waals surface area contributed by atoms with Crippen molar-refractivity contribution in [2.45, 2.75) is 13.0 Å². The number of hydrogen-bond donors (Lipinski definition) is 0. The van der Waals surface area contributed by atoms with E-state index >= 15 is 0 Å². The van der Waals surface area contributed by atoms with Crippen LogP contribution in [0.5, 0.6) is 0 Å². The highest BCUT2D eigenvalue weighted by Gasteiger charge is 2.25. The Labute approximate surface area is 133 Å². The molecule has 3 rings (SSSR count). The first-order chi connectivity index (χ1) is 10.0. The van der Waals surface area contributed by atoms with Gasteiger partial charge in [0, 0.05) is 35.7 Å². The van der Waals surface area contributed by atoms with Gasteiger partial charge in [-0.15, -0.1) is 0 Å². The largest absolute Gasteiger partial charge is 0.336 e. The SMILES string of the molecule is CC1CN(C(=O)c2ccc3cc(Br)ccc3c2)CCN1C. The van der Waals surface area contributed by atoms with Crippen LogP contribution in [0.25, 0.3) is 10.8 Å². The summed E-state index contributed by atoms with van der Waals surface area (Å²) < 4.78 is 1.06. The van der Waals surface area contributed by atoms with E-state index in [1.165, 1.54) is 0 Å². The van der Waals surface area contributed by atoms with E-state index in [0.29, 0.717) is 6.04 Å². The Kier molecular flexibility index (Phi) is 4.00. The van der Waals surface area contributed by atoms with Gasteiger partial charge >= 0.3 is 0 Å². The summed E-state index contributed by atoms with van der Waals surface area (Å²) in [5.74, 6) is 0.139. The van der Waals surface area contributed by atoms with Gasteiger partial charge in [-0.2, -0.15) is 0 Å². The highest BCUT2D eigenvalue weighted by molar-refractivity contribution is 9.10. The molecule has 0 N–H and O–H groups in total. The number of rotatable bonds is 1. The van der Waals surface area contributed by atoms with Crippen LogP contribution < -0.4 is 0 Å². The molecule has 1 aliphatic rings. The number of benzene rings is 2. The van der Waals surface area contributed by atoms with Crippen LogP contribution in [0.2, 0.25) is 0 Å². The molecular formula is C17H19BrN2O. The van der Waals surface area contributed by atoms with Crippen LogP contribution in [0.3, 0.4) is 0 Å². The summed E-state index contributed by atoms with van der Waals surface area (Å²) in [6.07, 6.45) is 0. The summed E-state index contributed by atoms with van der Waals surface area (Å²) in [4.78, 5) is 16.9. The molecule has 2 aromatic carbocycles. The number of carbonyl (C=O) groups is 1. The first-order valence-electron chi connectivity index (χ1n) is 7.23. The third-order valence-electron chi connectivity index (χ3n) is 4.30. The van der Waals surface area contributed by atoms with E-state index in [4.69, 9.17) is 0 Å². The van der Waals surface area contributed by atoms with Gasteiger partial charge in [0.1, 0.15) is 0 Å². The molecule has 1 heterocycles. The first kappa shape index (κ1) is 14.5. The summed E-state index contributed by atoms with van der Waals surface area (Å²) in [5, 5.41) is 2.25. The first-order valence-corrected chi connectivity index (χ1v) is 8.03. The maximum absolute atomic E-state index is 12.7. The zero-order valence-electron chi connectivity index (χ0n) is 12.3. The lowest BCUT2D eigenvalue weighted by Gasteiger charge is -2.37. The van der Waals surface area contributed by atoms with Crippen molar-refractivity contribution >= 4 is 32.6 Å². The van der Waals surface area contributed by atoms with Crippen molar-refractivity contribution in [1.82, 2.24) is 9.80 Å². The molecule has 110 valence electrons. The summed E-state index contributed by atoms with van der Waals surface area (Å²) in [6.45, 7) is 4.70. The minimum Gasteiger partial charge on any atom is -0.336 e. The predicted molar refractivity (Wildman–Crippen MR) is 89.6 cm³/mol. The van der Waals surface area contributed by atoms with E-state index in [1.807, 2.05) is 35.2 Å². The Bertz CT molecular complexity index is 686. The van der Waals surface area contributed by atoms with Crippen LogP contribution in [-0.2, 0) is 0 Å². The maximum atomic E-state index is 12.7. The van der Waals surface area contributed by atoms with Crippen molar-refractivity contribution in [2.75, 3.05) is 26.7 Å². The number of amides is 1. The van der Waals surface area contributed by atoms with Crippen molar-refractivity contribution in [3.05, 3.63) is 46.4 Å². The summed E-state index contributed by atoms with van der Waals surface area (Å²) in [5.41, 5.74) is 0.779. The average molecular weight is 347 g/mol. The molecule has 2 aromatic rings. The van der Waals surface area contributed by atoms with Gasteiger partial charge in [-0.1, -0.05) is 28.1 Å². The molecule has 0 bridgehead atoms. The molecule has 0 aromatic heterocycles. The highest BCUT2D eigenvalue weighted by Crippen LogP contribution is 2.22. The molecule has 1 saturated heterocycles. The Morgan fingerprint density at radius 3 is 2.62 bits per heavy atom. The van der Waals surface area contributed by atoms with Crippen LogP contribution in [0.4, 0.5) is 0 Å². The Morgan fingerprint density at radius 1 is 1.14 bits per heavy atom. The van der Waals surface area contributed by atoms with E-state index in [1.54, 1.807) is 0 Å². The van der Waals surface area contributed by atoms with Crippen LogP contribution in [0, 0.1) is 0 Å². The molecule has 1 aliphatic heterocycles. The fraction of sp³-hybridized carbons (Fsp3) is 0.353. The predicted octanol–water partition coefficient (Wildman–Crippen LogP) is 3.38. The molecule has 1 atom stereocenters. The maximum Gasteiger partial charge on any atom is 0.253 e. The third-order valence-corrected chi connectivity index (χ3v) is 4.79. The molecule has 1 fully saturated rings. The van der Waals surface area contributed by atoms with Crippen LogP contribution in [0.15, 0.2) is 40.9 Å². The number of hydrogen-bond acceptors (Lipinski definition) is 2. The van der Waals surface area contributed by atoms with E-state index < -0.39 is 0 Å². The van der Waals surface area contributed by atoms with E-state index in [-0.39, 0.29) is 5.91 Å². The van der Waals surface area contributed by atoms with Crippen LogP contribution in [0.1, 0.15) is 17.3 Å². The van der Waals surface area contributed by atoms with Crippen LogP contribution in [-0.4, -0.2) is 48.4 Å². The summed E-state index contributed by atoms with van der Waals surface area (Å²) in [6, 6.07) is 12.5. The normalized spacial score (nSPS) is 20.0. The summed E-state index contributed by atoms with van der Waals surface area (Å²) in [7, 11) is 2.11. The fourth-order valence-electron chi connectivity index (χ4n) is 2.77. The minimum atomic E-state index is 0.139. The molecular weight excluding hydrogens is 328 g/mol. The lowest BCUT2D eigenvalue weighted by atomic mass is 10.1. The zero-order chi connectivity index (χ0) is 15.0. The lowest BCUT2D eigenvalue weighted by Crippen LogP contribution is -2.52. The lowest BCUT2D eigenvalue weighted by molar-refractivity contribution is 0.0572. The van der Waals surface area contributed by atoms with Gasteiger partial charge in [-0.05, 0) is 49.0 Å². The van der Waals surface area contributed by atoms with Crippen molar-refractivity contribution in [3.63, 3.8) is 0 Å². The van der Waals surface area contributed by atoms with Crippen molar-refractivity contribution < 1.29 is 4.79 Å². The highest BCUT2D eigenvalue weighted by atomic mass is 79.9. The molecule has 4 heteroatoms. The molecule has 0 saturated carbocycles. The molecule has 0 aliphatic carbocycles. The Hall–Kier alpha value is -1.39. The Morgan fingerprint density at radius 2 is 1.86 bits per heavy atom. The molecule has 0 spiro atoms. The number of likely N-dealkylation sites (N-methyl/N-ethyl adjacent to an activating group) is 1.